The number of hydrogen-bond donors (Lipinski definition) is 1. The minimum Gasteiger partial charge on any atom is -0.294 e. The van der Waals surface area contributed by atoms with Crippen LogP contribution in [0.25, 0.3) is 0 Å². The molecule has 0 aliphatic heterocycles. The largest absolute Gasteiger partial charge is 0.294 e. The van der Waals surface area contributed by atoms with Crippen molar-refractivity contribution >= 4 is 0 Å². The zero-order valence-electron chi connectivity index (χ0n) is 8.36. The predicted octanol–water partition coefficient (Wildman–Crippen LogP) is 2.16. The highest BCUT2D eigenvalue weighted by Gasteiger charge is 2.11. The number of alkyl halides is 2. The number of aromatic amines is 1. The molecule has 1 aromatic carbocycles. The van der Waals surface area contributed by atoms with Crippen molar-refractivity contribution in [3.63, 3.8) is 0 Å². The van der Waals surface area contributed by atoms with E-state index in [9.17, 15) is 13.6 Å². The molecule has 0 aliphatic carbocycles. The molecule has 0 fully saturated rings. The molecule has 2 rings (SSSR count). The zero-order chi connectivity index (χ0) is 11.5. The van der Waals surface area contributed by atoms with Gasteiger partial charge in [-0.05, 0) is 5.56 Å². The molecule has 2 aromatic rings. The molecule has 0 atom stereocenters. The average molecular weight is 224 g/mol. The lowest BCUT2D eigenvalue weighted by molar-refractivity contribution is 0.145. The molecular formula is C11H10F2N2O. The first-order valence-electron chi connectivity index (χ1n) is 4.78. The summed E-state index contributed by atoms with van der Waals surface area (Å²) < 4.78 is 25.8. The normalized spacial score (nSPS) is 10.9. The Balaban J connectivity index is 2.26. The summed E-state index contributed by atoms with van der Waals surface area (Å²) >= 11 is 0. The van der Waals surface area contributed by atoms with Gasteiger partial charge in [0.15, 0.2) is 0 Å². The molecule has 1 N–H and O–H groups in total. The maximum atomic E-state index is 12.3. The number of H-pyrrole nitrogens is 1. The Morgan fingerprint density at radius 2 is 1.94 bits per heavy atom. The van der Waals surface area contributed by atoms with E-state index in [0.29, 0.717) is 0 Å². The van der Waals surface area contributed by atoms with Crippen molar-refractivity contribution in [1.29, 1.82) is 0 Å². The van der Waals surface area contributed by atoms with Crippen molar-refractivity contribution < 1.29 is 8.78 Å². The van der Waals surface area contributed by atoms with E-state index in [1.54, 1.807) is 0 Å². The highest BCUT2D eigenvalue weighted by atomic mass is 19.3. The average Bonchev–Trinajstić information content (AvgIpc) is 2.62. The fraction of sp³-hybridized carbons (Fsp3) is 0.182. The number of nitrogens with one attached hydrogen (secondary N) is 1. The molecule has 5 heteroatoms. The predicted molar refractivity (Wildman–Crippen MR) is 55.6 cm³/mol. The van der Waals surface area contributed by atoms with Gasteiger partial charge < -0.3 is 0 Å². The molecule has 0 saturated carbocycles. The minimum absolute atomic E-state index is 0.270. The van der Waals surface area contributed by atoms with E-state index in [2.05, 4.69) is 5.10 Å². The first kappa shape index (κ1) is 10.6. The fourth-order valence-corrected chi connectivity index (χ4v) is 1.45. The van der Waals surface area contributed by atoms with E-state index in [1.165, 1.54) is 0 Å². The summed E-state index contributed by atoms with van der Waals surface area (Å²) in [6, 6.07) is 10.1. The lowest BCUT2D eigenvalue weighted by Crippen LogP contribution is -2.16. The Morgan fingerprint density at radius 1 is 1.25 bits per heavy atom. The second-order valence-electron chi connectivity index (χ2n) is 3.42. The SMILES string of the molecule is O=c1cc(C(F)F)[nH]n1Cc1ccccc1. The van der Waals surface area contributed by atoms with Gasteiger partial charge in [0.2, 0.25) is 0 Å². The smallest absolute Gasteiger partial charge is 0.279 e. The quantitative estimate of drug-likeness (QED) is 0.852. The summed E-state index contributed by atoms with van der Waals surface area (Å²) in [6.07, 6.45) is -2.65. The third-order valence-electron chi connectivity index (χ3n) is 2.23. The number of rotatable bonds is 3. The Bertz CT molecular complexity index is 516. The first-order valence-corrected chi connectivity index (χ1v) is 4.78. The van der Waals surface area contributed by atoms with Crippen molar-refractivity contribution in [3.8, 4) is 0 Å². The van der Waals surface area contributed by atoms with Crippen molar-refractivity contribution in [2.45, 2.75) is 13.0 Å². The maximum absolute atomic E-state index is 12.3. The van der Waals surface area contributed by atoms with E-state index < -0.39 is 12.0 Å². The van der Waals surface area contributed by atoms with Gasteiger partial charge in [-0.2, -0.15) is 0 Å². The van der Waals surface area contributed by atoms with Crippen LogP contribution in [0.2, 0.25) is 0 Å². The van der Waals surface area contributed by atoms with Gasteiger partial charge in [-0.3, -0.25) is 9.89 Å². The van der Waals surface area contributed by atoms with Crippen molar-refractivity contribution in [3.05, 3.63) is 58.0 Å². The Labute approximate surface area is 90.3 Å². The summed E-state index contributed by atoms with van der Waals surface area (Å²) in [5.41, 5.74) is 0.0901. The van der Waals surface area contributed by atoms with E-state index in [-0.39, 0.29) is 12.2 Å². The number of aromatic nitrogens is 2. The first-order chi connectivity index (χ1) is 7.66. The lowest BCUT2D eigenvalue weighted by atomic mass is 10.2. The van der Waals surface area contributed by atoms with E-state index in [1.807, 2.05) is 30.3 Å². The molecule has 0 bridgehead atoms. The number of nitrogens with zero attached hydrogens (tertiary/aromatic N) is 1. The van der Waals surface area contributed by atoms with E-state index in [4.69, 9.17) is 0 Å². The number of benzene rings is 1. The van der Waals surface area contributed by atoms with Gasteiger partial charge in [0.1, 0.15) is 5.69 Å². The molecule has 1 aromatic heterocycles. The molecule has 0 radical (unpaired) electrons. The highest BCUT2D eigenvalue weighted by molar-refractivity contribution is 5.15. The van der Waals surface area contributed by atoms with Crippen LogP contribution < -0.4 is 5.56 Å². The van der Waals surface area contributed by atoms with Crippen LogP contribution in [0.5, 0.6) is 0 Å². The third-order valence-corrected chi connectivity index (χ3v) is 2.23. The fourth-order valence-electron chi connectivity index (χ4n) is 1.45. The Hall–Kier alpha value is -1.91. The summed E-state index contributed by atoms with van der Waals surface area (Å²) in [4.78, 5) is 11.3. The van der Waals surface area contributed by atoms with Gasteiger partial charge in [0.05, 0.1) is 6.54 Å². The standard InChI is InChI=1S/C11H10F2N2O/c12-11(13)9-6-10(16)15(14-9)7-8-4-2-1-3-5-8/h1-6,11,14H,7H2. The van der Waals surface area contributed by atoms with Gasteiger partial charge in [0.25, 0.3) is 12.0 Å². The summed E-state index contributed by atoms with van der Waals surface area (Å²) in [7, 11) is 0. The van der Waals surface area contributed by atoms with Gasteiger partial charge in [-0.1, -0.05) is 30.3 Å². The summed E-state index contributed by atoms with van der Waals surface area (Å²) in [6.45, 7) is 0.270. The molecule has 0 spiro atoms. The van der Waals surface area contributed by atoms with Gasteiger partial charge in [-0.25, -0.2) is 13.5 Å². The van der Waals surface area contributed by atoms with Crippen LogP contribution in [0.15, 0.2) is 41.2 Å². The number of halogens is 2. The van der Waals surface area contributed by atoms with Crippen LogP contribution in [-0.4, -0.2) is 9.78 Å². The van der Waals surface area contributed by atoms with Crippen LogP contribution >= 0.6 is 0 Å². The lowest BCUT2D eigenvalue weighted by Gasteiger charge is -2.01. The summed E-state index contributed by atoms with van der Waals surface area (Å²) in [5, 5.41) is 2.38. The molecule has 3 nitrogen and oxygen atoms in total. The molecular weight excluding hydrogens is 214 g/mol. The van der Waals surface area contributed by atoms with E-state index in [0.717, 1.165) is 16.3 Å². The highest BCUT2D eigenvalue weighted by Crippen LogP contribution is 2.13. The molecule has 16 heavy (non-hydrogen) atoms. The van der Waals surface area contributed by atoms with Crippen LogP contribution in [-0.2, 0) is 6.54 Å². The van der Waals surface area contributed by atoms with Gasteiger partial charge >= 0.3 is 0 Å². The van der Waals surface area contributed by atoms with Crippen molar-refractivity contribution in [2.75, 3.05) is 0 Å². The molecule has 84 valence electrons. The van der Waals surface area contributed by atoms with Crippen LogP contribution in [0.4, 0.5) is 8.78 Å². The van der Waals surface area contributed by atoms with Crippen molar-refractivity contribution in [2.24, 2.45) is 0 Å². The number of hydrogen-bond acceptors (Lipinski definition) is 1. The van der Waals surface area contributed by atoms with Gasteiger partial charge in [-0.15, -0.1) is 0 Å². The molecule has 1 heterocycles. The second kappa shape index (κ2) is 4.30. The Kier molecular flexibility index (Phi) is 2.85. The minimum atomic E-state index is -2.65. The molecule has 0 unspecified atom stereocenters. The Morgan fingerprint density at radius 3 is 2.50 bits per heavy atom. The monoisotopic (exact) mass is 224 g/mol. The zero-order valence-corrected chi connectivity index (χ0v) is 8.36. The molecule has 0 aliphatic rings. The molecule has 0 saturated heterocycles. The maximum Gasteiger partial charge on any atom is 0.279 e. The van der Waals surface area contributed by atoms with Gasteiger partial charge in [0, 0.05) is 6.07 Å². The van der Waals surface area contributed by atoms with Crippen LogP contribution in [0.3, 0.4) is 0 Å². The second-order valence-corrected chi connectivity index (χ2v) is 3.42. The van der Waals surface area contributed by atoms with E-state index >= 15 is 0 Å². The van der Waals surface area contributed by atoms with Crippen molar-refractivity contribution in [1.82, 2.24) is 9.78 Å². The third kappa shape index (κ3) is 2.18. The topological polar surface area (TPSA) is 37.8 Å². The van der Waals surface area contributed by atoms with Crippen LogP contribution in [0.1, 0.15) is 17.7 Å². The van der Waals surface area contributed by atoms with Crippen LogP contribution in [0, 0.1) is 0 Å². The molecule has 0 amide bonds. The summed E-state index contributed by atoms with van der Waals surface area (Å²) in [5.74, 6) is 0.